The van der Waals surface area contributed by atoms with Gasteiger partial charge in [0.25, 0.3) is 5.91 Å². The van der Waals surface area contributed by atoms with Crippen molar-refractivity contribution in [2.24, 2.45) is 4.99 Å². The van der Waals surface area contributed by atoms with Crippen molar-refractivity contribution in [3.8, 4) is 17.6 Å². The highest BCUT2D eigenvalue weighted by molar-refractivity contribution is 9.10. The van der Waals surface area contributed by atoms with Crippen LogP contribution in [0.4, 0.5) is 0 Å². The predicted octanol–water partition coefficient (Wildman–Crippen LogP) is 8.24. The summed E-state index contributed by atoms with van der Waals surface area (Å²) in [5.41, 5.74) is 2.26. The number of aliphatic imine (C=N–C) groups is 1. The Kier molecular flexibility index (Phi) is 9.88. The number of benzene rings is 2. The first kappa shape index (κ1) is 28.8. The van der Waals surface area contributed by atoms with Crippen LogP contribution in [0.5, 0.6) is 11.5 Å². The Labute approximate surface area is 250 Å². The molecule has 5 rings (SSSR count). The van der Waals surface area contributed by atoms with Crippen molar-refractivity contribution < 1.29 is 14.3 Å². The van der Waals surface area contributed by atoms with Crippen LogP contribution in [0, 0.1) is 11.3 Å². The van der Waals surface area contributed by atoms with Gasteiger partial charge < -0.3 is 9.47 Å². The van der Waals surface area contributed by atoms with E-state index < -0.39 is 0 Å². The lowest BCUT2D eigenvalue weighted by molar-refractivity contribution is -0.124. The fourth-order valence-corrected chi connectivity index (χ4v) is 7.42. The minimum absolute atomic E-state index is 0.0639. The molecule has 1 saturated heterocycles. The molecule has 2 saturated carbocycles. The van der Waals surface area contributed by atoms with Crippen LogP contribution in [0.25, 0.3) is 6.08 Å². The minimum Gasteiger partial charge on any atom is -0.490 e. The predicted molar refractivity (Wildman–Crippen MR) is 164 cm³/mol. The van der Waals surface area contributed by atoms with Crippen LogP contribution in [0.15, 0.2) is 50.8 Å². The number of carbonyl (C=O) groups is 1. The van der Waals surface area contributed by atoms with Gasteiger partial charge in [0.2, 0.25) is 0 Å². The molecule has 1 amide bonds. The van der Waals surface area contributed by atoms with E-state index in [0.717, 1.165) is 46.5 Å². The van der Waals surface area contributed by atoms with Crippen LogP contribution in [0.2, 0.25) is 0 Å². The van der Waals surface area contributed by atoms with E-state index in [1.54, 1.807) is 6.07 Å². The number of ether oxygens (including phenoxy) is 2. The minimum atomic E-state index is 0.0639. The third-order valence-electron chi connectivity index (χ3n) is 7.78. The Balaban J connectivity index is 1.42. The van der Waals surface area contributed by atoms with Gasteiger partial charge in [-0.1, -0.05) is 56.7 Å². The third kappa shape index (κ3) is 6.75. The van der Waals surface area contributed by atoms with E-state index in [2.05, 4.69) is 22.0 Å². The molecule has 1 heterocycles. The maximum Gasteiger partial charge on any atom is 0.266 e. The fraction of sp³-hybridized carbons (Fsp3) is 0.469. The average Bonchev–Trinajstić information content (AvgIpc) is 3.27. The Bertz CT molecular complexity index is 1320. The van der Waals surface area contributed by atoms with Crippen molar-refractivity contribution in [1.82, 2.24) is 4.90 Å². The number of amidine groups is 1. The lowest BCUT2D eigenvalue weighted by Gasteiger charge is -2.31. The van der Waals surface area contributed by atoms with Crippen LogP contribution in [0.1, 0.15) is 87.8 Å². The highest BCUT2D eigenvalue weighted by Crippen LogP contribution is 2.41. The molecule has 0 atom stereocenters. The summed E-state index contributed by atoms with van der Waals surface area (Å²) in [5, 5.41) is 10.3. The number of hydrogen-bond acceptors (Lipinski definition) is 6. The number of thioether (sulfide) groups is 1. The number of nitriles is 1. The van der Waals surface area contributed by atoms with Crippen LogP contribution in [-0.2, 0) is 11.4 Å². The summed E-state index contributed by atoms with van der Waals surface area (Å²) < 4.78 is 12.8. The summed E-state index contributed by atoms with van der Waals surface area (Å²) in [6.45, 7) is 2.65. The summed E-state index contributed by atoms with van der Waals surface area (Å²) in [6, 6.07) is 14.0. The van der Waals surface area contributed by atoms with Crippen molar-refractivity contribution in [3.63, 3.8) is 0 Å². The van der Waals surface area contributed by atoms with Crippen molar-refractivity contribution in [3.05, 3.63) is 62.5 Å². The summed E-state index contributed by atoms with van der Waals surface area (Å²) in [5.74, 6) is 1.23. The van der Waals surface area contributed by atoms with Gasteiger partial charge in [0.1, 0.15) is 6.61 Å². The van der Waals surface area contributed by atoms with Crippen molar-refractivity contribution >= 4 is 44.8 Å². The smallest absolute Gasteiger partial charge is 0.266 e. The quantitative estimate of drug-likeness (QED) is 0.277. The molecule has 2 aromatic carbocycles. The number of carbonyl (C=O) groups excluding carboxylic acids is 1. The molecule has 6 nitrogen and oxygen atoms in total. The molecule has 210 valence electrons. The molecule has 0 bridgehead atoms. The molecule has 8 heteroatoms. The number of halogens is 1. The first-order chi connectivity index (χ1) is 19.6. The fourth-order valence-electron chi connectivity index (χ4n) is 5.73. The maximum atomic E-state index is 13.8. The second kappa shape index (κ2) is 13.7. The highest BCUT2D eigenvalue weighted by atomic mass is 79.9. The topological polar surface area (TPSA) is 74.9 Å². The lowest BCUT2D eigenvalue weighted by atomic mass is 9.94. The van der Waals surface area contributed by atoms with Gasteiger partial charge in [0.15, 0.2) is 16.7 Å². The van der Waals surface area contributed by atoms with Crippen LogP contribution >= 0.6 is 27.7 Å². The first-order valence-electron chi connectivity index (χ1n) is 14.5. The lowest BCUT2D eigenvalue weighted by Crippen LogP contribution is -2.41. The van der Waals surface area contributed by atoms with Gasteiger partial charge in [0.05, 0.1) is 33.7 Å². The van der Waals surface area contributed by atoms with Crippen molar-refractivity contribution in [2.45, 2.75) is 89.8 Å². The molecule has 0 radical (unpaired) electrons. The molecular formula is C32H36BrN3O3S. The van der Waals surface area contributed by atoms with Gasteiger partial charge in [-0.3, -0.25) is 14.7 Å². The van der Waals surface area contributed by atoms with E-state index in [1.807, 2.05) is 48.2 Å². The standard InChI is InChI=1S/C32H36BrN3O3S/c1-2-38-28-18-22(17-27(33)30(28)39-21-24-12-10-9-11-23(24)20-34)19-29-31(37)36(26-15-7-4-8-16-26)32(40-29)35-25-13-5-3-6-14-25/h9-12,17-19,25-26H,2-8,13-16,21H2,1H3. The van der Waals surface area contributed by atoms with Crippen LogP contribution < -0.4 is 9.47 Å². The largest absolute Gasteiger partial charge is 0.490 e. The number of nitrogens with zero attached hydrogens (tertiary/aromatic N) is 3. The van der Waals surface area contributed by atoms with Gasteiger partial charge in [0, 0.05) is 11.6 Å². The Hall–Kier alpha value is -2.76. The zero-order valence-electron chi connectivity index (χ0n) is 23.0. The zero-order valence-corrected chi connectivity index (χ0v) is 25.4. The van der Waals surface area contributed by atoms with E-state index >= 15 is 0 Å². The third-order valence-corrected chi connectivity index (χ3v) is 9.37. The van der Waals surface area contributed by atoms with E-state index in [0.29, 0.717) is 34.6 Å². The zero-order chi connectivity index (χ0) is 27.9. The van der Waals surface area contributed by atoms with Gasteiger partial charge in [-0.05, 0) is 90.1 Å². The van der Waals surface area contributed by atoms with E-state index in [4.69, 9.17) is 14.5 Å². The molecule has 3 fully saturated rings. The number of hydrogen-bond donors (Lipinski definition) is 0. The molecule has 2 aromatic rings. The molecule has 1 aliphatic heterocycles. The van der Waals surface area contributed by atoms with Gasteiger partial charge in [-0.15, -0.1) is 0 Å². The highest BCUT2D eigenvalue weighted by Gasteiger charge is 2.39. The van der Waals surface area contributed by atoms with Gasteiger partial charge in [-0.25, -0.2) is 0 Å². The molecule has 0 N–H and O–H groups in total. The Morgan fingerprint density at radius 3 is 2.52 bits per heavy atom. The van der Waals surface area contributed by atoms with Gasteiger partial charge >= 0.3 is 0 Å². The van der Waals surface area contributed by atoms with Crippen LogP contribution in [-0.4, -0.2) is 34.7 Å². The first-order valence-corrected chi connectivity index (χ1v) is 16.1. The van der Waals surface area contributed by atoms with E-state index in [-0.39, 0.29) is 18.6 Å². The molecule has 3 aliphatic rings. The summed E-state index contributed by atoms with van der Waals surface area (Å²) >= 11 is 5.19. The summed E-state index contributed by atoms with van der Waals surface area (Å²) in [4.78, 5) is 21.7. The monoisotopic (exact) mass is 621 g/mol. The molecule has 2 aliphatic carbocycles. The number of rotatable bonds is 8. The SMILES string of the molecule is CCOc1cc(C=C2SC(=NC3CCCCC3)N(C3CCCCC3)C2=O)cc(Br)c1OCc1ccccc1C#N. The Morgan fingerprint density at radius 2 is 1.80 bits per heavy atom. The second-order valence-electron chi connectivity index (χ2n) is 10.6. The van der Waals surface area contributed by atoms with Crippen molar-refractivity contribution in [1.29, 1.82) is 5.26 Å². The molecule has 0 spiro atoms. The van der Waals surface area contributed by atoms with Crippen molar-refractivity contribution in [2.75, 3.05) is 6.61 Å². The summed E-state index contributed by atoms with van der Waals surface area (Å²) in [6.07, 6.45) is 13.6. The summed E-state index contributed by atoms with van der Waals surface area (Å²) in [7, 11) is 0. The molecule has 40 heavy (non-hydrogen) atoms. The van der Waals surface area contributed by atoms with Crippen LogP contribution in [0.3, 0.4) is 0 Å². The Morgan fingerprint density at radius 1 is 1.07 bits per heavy atom. The maximum absolute atomic E-state index is 13.8. The molecule has 0 aromatic heterocycles. The van der Waals surface area contributed by atoms with E-state index in [9.17, 15) is 10.1 Å². The second-order valence-corrected chi connectivity index (χ2v) is 12.5. The van der Waals surface area contributed by atoms with Gasteiger partial charge in [-0.2, -0.15) is 5.26 Å². The average molecular weight is 623 g/mol. The molecular weight excluding hydrogens is 586 g/mol. The van der Waals surface area contributed by atoms with E-state index in [1.165, 1.54) is 50.3 Å². The molecule has 0 unspecified atom stereocenters. The number of amides is 1. The normalized spacial score (nSPS) is 20.7.